The Labute approximate surface area is 100 Å². The normalized spacial score (nSPS) is 17.2. The average molecular weight is 228 g/mol. The molecule has 3 nitrogen and oxygen atoms in total. The molecule has 3 heteroatoms. The zero-order chi connectivity index (χ0) is 11.9. The highest BCUT2D eigenvalue weighted by Crippen LogP contribution is 2.36. The largest absolute Gasteiger partial charge is 0.506 e. The fraction of sp³-hybridized carbons (Fsp3) is 0.357. The van der Waals surface area contributed by atoms with Gasteiger partial charge in [-0.3, -0.25) is 0 Å². The number of rotatable bonds is 3. The predicted molar refractivity (Wildman–Crippen MR) is 67.9 cm³/mol. The van der Waals surface area contributed by atoms with Crippen LogP contribution in [0.3, 0.4) is 0 Å². The second-order valence-electron chi connectivity index (χ2n) is 5.01. The number of phenolic OH excluding ortho intramolecular Hbond substituents is 1. The first-order valence-electron chi connectivity index (χ1n) is 6.03. The second-order valence-corrected chi connectivity index (χ2v) is 5.01. The van der Waals surface area contributed by atoms with Crippen molar-refractivity contribution >= 4 is 10.9 Å². The molecule has 0 atom stereocenters. The molecular weight excluding hydrogens is 212 g/mol. The average Bonchev–Trinajstić information content (AvgIpc) is 3.06. The van der Waals surface area contributed by atoms with E-state index in [0.29, 0.717) is 5.52 Å². The molecule has 0 bridgehead atoms. The summed E-state index contributed by atoms with van der Waals surface area (Å²) in [6.45, 7) is 0. The van der Waals surface area contributed by atoms with E-state index in [9.17, 15) is 5.11 Å². The summed E-state index contributed by atoms with van der Waals surface area (Å²) < 4.78 is 0. The number of aromatic nitrogens is 1. The molecule has 0 amide bonds. The highest BCUT2D eigenvalue weighted by atomic mass is 16.3. The van der Waals surface area contributed by atoms with Gasteiger partial charge in [-0.15, -0.1) is 0 Å². The van der Waals surface area contributed by atoms with Crippen LogP contribution >= 0.6 is 0 Å². The van der Waals surface area contributed by atoms with Crippen molar-refractivity contribution in [3.63, 3.8) is 0 Å². The molecule has 0 saturated heterocycles. The Morgan fingerprint density at radius 2 is 2.06 bits per heavy atom. The van der Waals surface area contributed by atoms with E-state index < -0.39 is 0 Å². The third-order valence-corrected chi connectivity index (χ3v) is 3.53. The van der Waals surface area contributed by atoms with Crippen LogP contribution in [0, 0.1) is 0 Å². The van der Waals surface area contributed by atoms with E-state index in [-0.39, 0.29) is 11.3 Å². The Hall–Kier alpha value is -1.61. The molecule has 1 heterocycles. The molecule has 0 unspecified atom stereocenters. The van der Waals surface area contributed by atoms with E-state index in [1.165, 1.54) is 0 Å². The fourth-order valence-corrected chi connectivity index (χ4v) is 2.10. The molecule has 1 aliphatic rings. The third-order valence-electron chi connectivity index (χ3n) is 3.53. The number of hydrogen-bond acceptors (Lipinski definition) is 3. The van der Waals surface area contributed by atoms with Crippen LogP contribution in [-0.4, -0.2) is 15.6 Å². The molecule has 1 aliphatic carbocycles. The van der Waals surface area contributed by atoms with Crippen molar-refractivity contribution in [2.45, 2.75) is 31.2 Å². The standard InChI is InChI=1S/C14H16N2O/c15-14(8-9-14)7-6-11-5-4-10-2-1-3-12(17)13(10)16-11/h1-5,17H,6-9,15H2. The van der Waals surface area contributed by atoms with E-state index in [0.717, 1.165) is 36.8 Å². The molecule has 17 heavy (non-hydrogen) atoms. The van der Waals surface area contributed by atoms with E-state index in [1.54, 1.807) is 6.07 Å². The first-order chi connectivity index (χ1) is 8.16. The first kappa shape index (κ1) is 10.5. The van der Waals surface area contributed by atoms with Crippen LogP contribution in [-0.2, 0) is 6.42 Å². The van der Waals surface area contributed by atoms with Crippen LogP contribution < -0.4 is 5.73 Å². The molecule has 1 aromatic heterocycles. The number of hydrogen-bond donors (Lipinski definition) is 2. The van der Waals surface area contributed by atoms with Gasteiger partial charge in [0.15, 0.2) is 0 Å². The molecular formula is C14H16N2O. The SMILES string of the molecule is NC1(CCc2ccc3cccc(O)c3n2)CC1. The van der Waals surface area contributed by atoms with Gasteiger partial charge in [-0.2, -0.15) is 0 Å². The maximum absolute atomic E-state index is 9.75. The van der Waals surface area contributed by atoms with Crippen molar-refractivity contribution in [3.8, 4) is 5.75 Å². The van der Waals surface area contributed by atoms with Gasteiger partial charge in [-0.1, -0.05) is 18.2 Å². The van der Waals surface area contributed by atoms with Crippen molar-refractivity contribution in [2.24, 2.45) is 5.73 Å². The first-order valence-corrected chi connectivity index (χ1v) is 6.03. The number of benzene rings is 1. The van der Waals surface area contributed by atoms with Gasteiger partial charge >= 0.3 is 0 Å². The number of pyridine rings is 1. The minimum atomic E-state index is 0.0649. The van der Waals surface area contributed by atoms with E-state index in [2.05, 4.69) is 4.98 Å². The summed E-state index contributed by atoms with van der Waals surface area (Å²) in [6, 6.07) is 9.49. The highest BCUT2D eigenvalue weighted by Gasteiger charge is 2.37. The predicted octanol–water partition coefficient (Wildman–Crippen LogP) is 2.36. The third kappa shape index (κ3) is 2.11. The monoisotopic (exact) mass is 228 g/mol. The van der Waals surface area contributed by atoms with Crippen molar-refractivity contribution < 1.29 is 5.11 Å². The van der Waals surface area contributed by atoms with Crippen LogP contribution in [0.5, 0.6) is 5.75 Å². The lowest BCUT2D eigenvalue weighted by molar-refractivity contribution is 0.480. The van der Waals surface area contributed by atoms with Crippen LogP contribution in [0.15, 0.2) is 30.3 Å². The molecule has 3 N–H and O–H groups in total. The van der Waals surface area contributed by atoms with Gasteiger partial charge in [0.1, 0.15) is 11.3 Å². The minimum Gasteiger partial charge on any atom is -0.506 e. The van der Waals surface area contributed by atoms with Crippen molar-refractivity contribution in [1.82, 2.24) is 4.98 Å². The van der Waals surface area contributed by atoms with Gasteiger partial charge in [0.2, 0.25) is 0 Å². The van der Waals surface area contributed by atoms with Crippen LogP contribution in [0.2, 0.25) is 0 Å². The number of nitrogens with zero attached hydrogens (tertiary/aromatic N) is 1. The number of phenols is 1. The number of aryl methyl sites for hydroxylation is 1. The van der Waals surface area contributed by atoms with Crippen LogP contribution in [0.1, 0.15) is 25.0 Å². The molecule has 2 aromatic rings. The zero-order valence-corrected chi connectivity index (χ0v) is 9.69. The fourth-order valence-electron chi connectivity index (χ4n) is 2.10. The lowest BCUT2D eigenvalue weighted by Crippen LogP contribution is -2.22. The van der Waals surface area contributed by atoms with Crippen molar-refractivity contribution in [3.05, 3.63) is 36.0 Å². The van der Waals surface area contributed by atoms with Gasteiger partial charge in [0, 0.05) is 16.6 Å². The molecule has 0 radical (unpaired) electrons. The smallest absolute Gasteiger partial charge is 0.141 e. The van der Waals surface area contributed by atoms with Gasteiger partial charge in [-0.25, -0.2) is 4.98 Å². The topological polar surface area (TPSA) is 59.1 Å². The summed E-state index contributed by atoms with van der Waals surface area (Å²) in [7, 11) is 0. The second kappa shape index (κ2) is 3.70. The Balaban J connectivity index is 1.87. The summed E-state index contributed by atoms with van der Waals surface area (Å²) in [5.74, 6) is 0.248. The van der Waals surface area contributed by atoms with E-state index in [4.69, 9.17) is 5.73 Å². The molecule has 3 rings (SSSR count). The summed E-state index contributed by atoms with van der Waals surface area (Å²) in [6.07, 6.45) is 4.14. The quantitative estimate of drug-likeness (QED) is 0.847. The van der Waals surface area contributed by atoms with Gasteiger partial charge in [-0.05, 0) is 37.8 Å². The van der Waals surface area contributed by atoms with E-state index in [1.807, 2.05) is 24.3 Å². The van der Waals surface area contributed by atoms with Crippen molar-refractivity contribution in [2.75, 3.05) is 0 Å². The Bertz CT molecular complexity index is 561. The summed E-state index contributed by atoms with van der Waals surface area (Å²) in [5, 5.41) is 10.7. The van der Waals surface area contributed by atoms with Gasteiger partial charge in [0.25, 0.3) is 0 Å². The van der Waals surface area contributed by atoms with Gasteiger partial charge in [0.05, 0.1) is 0 Å². The summed E-state index contributed by atoms with van der Waals surface area (Å²) in [5.41, 5.74) is 7.82. The molecule has 88 valence electrons. The molecule has 1 saturated carbocycles. The zero-order valence-electron chi connectivity index (χ0n) is 9.69. The maximum Gasteiger partial charge on any atom is 0.141 e. The lowest BCUT2D eigenvalue weighted by Gasteiger charge is -2.08. The molecule has 0 spiro atoms. The number of fused-ring (bicyclic) bond motifs is 1. The number of aromatic hydroxyl groups is 1. The van der Waals surface area contributed by atoms with Gasteiger partial charge < -0.3 is 10.8 Å². The molecule has 1 aromatic carbocycles. The number of nitrogens with two attached hydrogens (primary N) is 1. The minimum absolute atomic E-state index is 0.0649. The molecule has 0 aliphatic heterocycles. The Kier molecular flexibility index (Phi) is 2.30. The van der Waals surface area contributed by atoms with Crippen LogP contribution in [0.25, 0.3) is 10.9 Å². The maximum atomic E-state index is 9.75. The molecule has 1 fully saturated rings. The Morgan fingerprint density at radius 3 is 2.82 bits per heavy atom. The van der Waals surface area contributed by atoms with E-state index >= 15 is 0 Å². The summed E-state index contributed by atoms with van der Waals surface area (Å²) >= 11 is 0. The van der Waals surface area contributed by atoms with Crippen molar-refractivity contribution in [1.29, 1.82) is 0 Å². The Morgan fingerprint density at radius 1 is 1.24 bits per heavy atom. The summed E-state index contributed by atoms with van der Waals surface area (Å²) in [4.78, 5) is 4.50. The number of para-hydroxylation sites is 1. The van der Waals surface area contributed by atoms with Crippen LogP contribution in [0.4, 0.5) is 0 Å². The lowest BCUT2D eigenvalue weighted by atomic mass is 10.1. The highest BCUT2D eigenvalue weighted by molar-refractivity contribution is 5.84.